The fourth-order valence-electron chi connectivity index (χ4n) is 4.07. The Morgan fingerprint density at radius 1 is 1.15 bits per heavy atom. The number of aromatic amines is 1. The smallest absolute Gasteiger partial charge is 0.235 e. The number of aryl methyl sites for hydroxylation is 1. The molecule has 0 amide bonds. The molecule has 3 rings (SSSR count). The van der Waals surface area contributed by atoms with Crippen molar-refractivity contribution in [3.63, 3.8) is 0 Å². The first-order chi connectivity index (χ1) is 12.8. The van der Waals surface area contributed by atoms with Crippen LogP contribution in [0.4, 0.5) is 5.69 Å². The van der Waals surface area contributed by atoms with Gasteiger partial charge in [-0.2, -0.15) is 0 Å². The maximum atomic E-state index is 13.0. The number of phenolic OH excluding ortho intramolecular Hbond substituents is 1. The number of ketones is 2. The van der Waals surface area contributed by atoms with Crippen molar-refractivity contribution in [1.82, 2.24) is 4.98 Å². The lowest BCUT2D eigenvalue weighted by Crippen LogP contribution is -3.18. The number of hydrogen-bond acceptors (Lipinski definition) is 4. The lowest BCUT2D eigenvalue weighted by molar-refractivity contribution is -0.914. The lowest BCUT2D eigenvalue weighted by Gasteiger charge is -2.36. The van der Waals surface area contributed by atoms with Gasteiger partial charge in [-0.15, -0.1) is 0 Å². The number of benzene rings is 1. The zero-order valence-corrected chi connectivity index (χ0v) is 16.4. The average Bonchev–Trinajstić information content (AvgIpc) is 2.95. The molecule has 144 valence electrons. The number of nitrogens with one attached hydrogen (secondary N) is 2. The molecule has 3 N–H and O–H groups in total. The number of carbonyl (C=O) groups excluding carboxylic acids is 2. The van der Waals surface area contributed by atoms with Crippen LogP contribution in [0, 0.1) is 13.8 Å². The van der Waals surface area contributed by atoms with Crippen LogP contribution in [0.15, 0.2) is 24.3 Å². The first kappa shape index (κ1) is 19.2. The van der Waals surface area contributed by atoms with Crippen molar-refractivity contribution in [3.05, 3.63) is 46.8 Å². The van der Waals surface area contributed by atoms with Crippen molar-refractivity contribution in [2.45, 2.75) is 33.7 Å². The van der Waals surface area contributed by atoms with E-state index in [4.69, 9.17) is 0 Å². The molecule has 0 bridgehead atoms. The van der Waals surface area contributed by atoms with E-state index in [0.717, 1.165) is 43.1 Å². The van der Waals surface area contributed by atoms with Crippen LogP contribution in [-0.2, 0) is 0 Å². The van der Waals surface area contributed by atoms with Crippen LogP contribution in [-0.4, -0.2) is 53.9 Å². The maximum Gasteiger partial charge on any atom is 0.235 e. The first-order valence-electron chi connectivity index (χ1n) is 9.42. The van der Waals surface area contributed by atoms with Crippen LogP contribution >= 0.6 is 0 Å². The number of Topliss-reactive ketones (excluding diaryl/α,β-unsaturated/α-hetero) is 2. The molecular weight excluding hydrogens is 342 g/mol. The number of piperazine rings is 1. The number of rotatable bonds is 5. The van der Waals surface area contributed by atoms with Gasteiger partial charge in [0.25, 0.3) is 0 Å². The number of H-pyrrole nitrogens is 1. The number of hydrogen-bond donors (Lipinski definition) is 3. The van der Waals surface area contributed by atoms with Gasteiger partial charge in [0.1, 0.15) is 5.75 Å². The molecule has 2 heterocycles. The van der Waals surface area contributed by atoms with Crippen LogP contribution in [0.2, 0.25) is 0 Å². The highest BCUT2D eigenvalue weighted by Crippen LogP contribution is 2.20. The van der Waals surface area contributed by atoms with Gasteiger partial charge in [-0.25, -0.2) is 0 Å². The molecule has 0 saturated carbocycles. The van der Waals surface area contributed by atoms with E-state index in [9.17, 15) is 14.7 Å². The van der Waals surface area contributed by atoms with E-state index in [1.54, 1.807) is 12.1 Å². The first-order valence-corrected chi connectivity index (χ1v) is 9.42. The molecule has 27 heavy (non-hydrogen) atoms. The minimum Gasteiger partial charge on any atom is -0.508 e. The van der Waals surface area contributed by atoms with Crippen LogP contribution in [0.5, 0.6) is 5.75 Å². The summed E-state index contributed by atoms with van der Waals surface area (Å²) in [7, 11) is 0. The quantitative estimate of drug-likeness (QED) is 0.698. The lowest BCUT2D eigenvalue weighted by atomic mass is 10.0. The Hall–Kier alpha value is -2.60. The molecular formula is C21H28N3O3+. The van der Waals surface area contributed by atoms with Gasteiger partial charge in [-0.1, -0.05) is 0 Å². The van der Waals surface area contributed by atoms with Gasteiger partial charge in [-0.05, 0) is 57.5 Å². The average molecular weight is 370 g/mol. The topological polar surface area (TPSA) is 77.8 Å². The number of phenols is 1. The third-order valence-electron chi connectivity index (χ3n) is 5.66. The van der Waals surface area contributed by atoms with Crippen molar-refractivity contribution in [1.29, 1.82) is 0 Å². The number of anilines is 1. The summed E-state index contributed by atoms with van der Waals surface area (Å²) in [4.78, 5) is 31.5. The molecule has 0 unspecified atom stereocenters. The summed E-state index contributed by atoms with van der Waals surface area (Å²) in [6.45, 7) is 10.6. The summed E-state index contributed by atoms with van der Waals surface area (Å²) >= 11 is 0. The molecule has 6 heteroatoms. The SMILES string of the molecule is CC(=O)c1c(C)[nH]c(C(=O)[C@@H](C)[NH+]2CCN(c3ccc(O)cc3)CC2)c1C. The van der Waals surface area contributed by atoms with Gasteiger partial charge in [0, 0.05) is 16.9 Å². The van der Waals surface area contributed by atoms with Crippen molar-refractivity contribution in [2.24, 2.45) is 0 Å². The van der Waals surface area contributed by atoms with E-state index in [-0.39, 0.29) is 23.4 Å². The molecule has 6 nitrogen and oxygen atoms in total. The zero-order valence-electron chi connectivity index (χ0n) is 16.4. The predicted octanol–water partition coefficient (Wildman–Crippen LogP) is 1.52. The molecule has 1 atom stereocenters. The number of nitrogens with zero attached hydrogens (tertiary/aromatic N) is 1. The van der Waals surface area contributed by atoms with Gasteiger partial charge in [-0.3, -0.25) is 9.59 Å². The number of carbonyl (C=O) groups is 2. The molecule has 1 aliphatic heterocycles. The van der Waals surface area contributed by atoms with Gasteiger partial charge in [0.05, 0.1) is 31.9 Å². The number of aromatic hydroxyl groups is 1. The number of aromatic nitrogens is 1. The summed E-state index contributed by atoms with van der Waals surface area (Å²) in [5.41, 5.74) is 3.82. The largest absolute Gasteiger partial charge is 0.508 e. The summed E-state index contributed by atoms with van der Waals surface area (Å²) in [6, 6.07) is 7.07. The monoisotopic (exact) mass is 370 g/mol. The Morgan fingerprint density at radius 2 is 1.74 bits per heavy atom. The Bertz CT molecular complexity index is 846. The fourth-order valence-corrected chi connectivity index (χ4v) is 4.07. The second kappa shape index (κ2) is 7.56. The van der Waals surface area contributed by atoms with Crippen molar-refractivity contribution >= 4 is 17.3 Å². The predicted molar refractivity (Wildman–Crippen MR) is 105 cm³/mol. The third kappa shape index (κ3) is 3.76. The highest BCUT2D eigenvalue weighted by atomic mass is 16.3. The molecule has 2 aromatic rings. The molecule has 1 aromatic carbocycles. The molecule has 0 aliphatic carbocycles. The minimum atomic E-state index is -0.163. The highest BCUT2D eigenvalue weighted by molar-refractivity contribution is 6.04. The van der Waals surface area contributed by atoms with Gasteiger partial charge in [0.15, 0.2) is 11.8 Å². The molecule has 1 fully saturated rings. The Morgan fingerprint density at radius 3 is 2.26 bits per heavy atom. The van der Waals surface area contributed by atoms with Crippen molar-refractivity contribution in [2.75, 3.05) is 31.1 Å². The molecule has 0 spiro atoms. The van der Waals surface area contributed by atoms with Crippen molar-refractivity contribution < 1.29 is 19.6 Å². The second-order valence-electron chi connectivity index (χ2n) is 7.43. The van der Waals surface area contributed by atoms with Crippen LogP contribution in [0.3, 0.4) is 0 Å². The Balaban J connectivity index is 1.68. The molecule has 0 radical (unpaired) electrons. The molecule has 1 aromatic heterocycles. The van der Waals surface area contributed by atoms with E-state index in [1.807, 2.05) is 32.9 Å². The minimum absolute atomic E-state index is 0.0113. The van der Waals surface area contributed by atoms with E-state index >= 15 is 0 Å². The standard InChI is InChI=1S/C21H27N3O3/c1-13-19(16(4)25)14(2)22-20(13)21(27)15(3)23-9-11-24(12-10-23)17-5-7-18(26)8-6-17/h5-8,15,22,26H,9-12H2,1-4H3/p+1/t15-/m1/s1. The highest BCUT2D eigenvalue weighted by Gasteiger charge is 2.32. The van der Waals surface area contributed by atoms with Crippen molar-refractivity contribution in [3.8, 4) is 5.75 Å². The summed E-state index contributed by atoms with van der Waals surface area (Å²) in [6.07, 6.45) is 0. The molecule has 1 aliphatic rings. The normalized spacial score (nSPS) is 16.4. The van der Waals surface area contributed by atoms with Gasteiger partial charge >= 0.3 is 0 Å². The third-order valence-corrected chi connectivity index (χ3v) is 5.66. The maximum absolute atomic E-state index is 13.0. The second-order valence-corrected chi connectivity index (χ2v) is 7.43. The van der Waals surface area contributed by atoms with E-state index in [1.165, 1.54) is 11.8 Å². The van der Waals surface area contributed by atoms with Crippen LogP contribution < -0.4 is 9.80 Å². The van der Waals surface area contributed by atoms with Crippen LogP contribution in [0.1, 0.15) is 46.0 Å². The summed E-state index contributed by atoms with van der Waals surface area (Å²) in [5, 5.41) is 9.43. The zero-order chi connectivity index (χ0) is 19.7. The van der Waals surface area contributed by atoms with Crippen LogP contribution in [0.25, 0.3) is 0 Å². The fraction of sp³-hybridized carbons (Fsp3) is 0.429. The molecule has 1 saturated heterocycles. The van der Waals surface area contributed by atoms with E-state index < -0.39 is 0 Å². The van der Waals surface area contributed by atoms with Gasteiger partial charge < -0.3 is 19.9 Å². The Labute approximate surface area is 159 Å². The van der Waals surface area contributed by atoms with Gasteiger partial charge in [0.2, 0.25) is 5.78 Å². The van der Waals surface area contributed by atoms with E-state index in [0.29, 0.717) is 11.3 Å². The summed E-state index contributed by atoms with van der Waals surface area (Å²) < 4.78 is 0. The number of quaternary nitrogens is 1. The summed E-state index contributed by atoms with van der Waals surface area (Å²) in [5.74, 6) is 0.322. The van der Waals surface area contributed by atoms with E-state index in [2.05, 4.69) is 9.88 Å². The Kier molecular flexibility index (Phi) is 5.37.